The van der Waals surface area contributed by atoms with Gasteiger partial charge in [0.1, 0.15) is 6.54 Å². The fourth-order valence-electron chi connectivity index (χ4n) is 4.10. The molecule has 0 aromatic heterocycles. The molecule has 0 radical (unpaired) electrons. The van der Waals surface area contributed by atoms with Gasteiger partial charge in [0.25, 0.3) is 15.9 Å². The van der Waals surface area contributed by atoms with Crippen molar-refractivity contribution < 1.29 is 22.7 Å². The summed E-state index contributed by atoms with van der Waals surface area (Å²) in [5, 5.41) is 4.31. The van der Waals surface area contributed by atoms with E-state index in [1.807, 2.05) is 12.1 Å². The highest BCUT2D eigenvalue weighted by Gasteiger charge is 2.37. The highest BCUT2D eigenvalue weighted by atomic mass is 32.2. The second-order valence-electron chi connectivity index (χ2n) is 7.62. The molecule has 8 heteroatoms. The Kier molecular flexibility index (Phi) is 5.21. The quantitative estimate of drug-likeness (QED) is 0.757. The van der Waals surface area contributed by atoms with Crippen LogP contribution in [0.1, 0.15) is 39.0 Å². The lowest BCUT2D eigenvalue weighted by atomic mass is 9.95. The second kappa shape index (κ2) is 7.67. The molecule has 0 bridgehead atoms. The van der Waals surface area contributed by atoms with Crippen LogP contribution in [-0.4, -0.2) is 39.0 Å². The third kappa shape index (κ3) is 3.69. The Morgan fingerprint density at radius 1 is 1.14 bits per heavy atom. The lowest BCUT2D eigenvalue weighted by Crippen LogP contribution is -2.44. The van der Waals surface area contributed by atoms with E-state index in [1.165, 1.54) is 19.4 Å². The Labute approximate surface area is 170 Å². The van der Waals surface area contributed by atoms with E-state index in [2.05, 4.69) is 5.32 Å². The summed E-state index contributed by atoms with van der Waals surface area (Å²) < 4.78 is 32.1. The number of ether oxygens (including phenoxy) is 1. The zero-order chi connectivity index (χ0) is 20.6. The number of hydrogen-bond donors (Lipinski definition) is 1. The minimum atomic E-state index is -3.84. The maximum Gasteiger partial charge on any atom is 0.327 e. The van der Waals surface area contributed by atoms with Gasteiger partial charge in [0.05, 0.1) is 10.6 Å². The van der Waals surface area contributed by atoms with Gasteiger partial charge in [-0.2, -0.15) is 0 Å². The van der Waals surface area contributed by atoms with Crippen LogP contribution in [0.2, 0.25) is 0 Å². The molecule has 2 aromatic rings. The molecular weight excluding hydrogens is 392 g/mol. The Bertz CT molecular complexity index is 1050. The molecule has 1 heterocycles. The van der Waals surface area contributed by atoms with Gasteiger partial charge in [-0.15, -0.1) is 0 Å². The lowest BCUT2D eigenvalue weighted by Gasteiger charge is -2.25. The number of esters is 1. The number of anilines is 1. The molecule has 2 aliphatic rings. The molecule has 7 nitrogen and oxygen atoms in total. The fraction of sp³-hybridized carbons (Fsp3) is 0.429. The van der Waals surface area contributed by atoms with Gasteiger partial charge in [-0.3, -0.25) is 13.9 Å². The average molecular weight is 416 g/mol. The van der Waals surface area contributed by atoms with E-state index in [0.29, 0.717) is 11.1 Å². The first-order valence-electron chi connectivity index (χ1n) is 9.92. The molecule has 1 fully saturated rings. The predicted molar refractivity (Wildman–Crippen MR) is 109 cm³/mol. The zero-order valence-corrected chi connectivity index (χ0v) is 17.1. The van der Waals surface area contributed by atoms with Crippen LogP contribution in [0.3, 0.4) is 0 Å². The Hall–Kier alpha value is -2.61. The van der Waals surface area contributed by atoms with Gasteiger partial charge in [-0.05, 0) is 37.3 Å². The molecule has 1 amide bonds. The van der Waals surface area contributed by atoms with Crippen LogP contribution in [0.5, 0.6) is 0 Å². The van der Waals surface area contributed by atoms with Crippen LogP contribution in [0, 0.1) is 0 Å². The summed E-state index contributed by atoms with van der Waals surface area (Å²) in [6.45, 7) is 1.03. The Morgan fingerprint density at radius 2 is 1.83 bits per heavy atom. The van der Waals surface area contributed by atoms with E-state index in [-0.39, 0.29) is 16.8 Å². The molecular formula is C21H24N2O5S. The summed E-state index contributed by atoms with van der Waals surface area (Å²) in [4.78, 5) is 25.0. The molecule has 2 aromatic carbocycles. The van der Waals surface area contributed by atoms with E-state index in [9.17, 15) is 18.0 Å². The maximum absolute atomic E-state index is 12.9. The van der Waals surface area contributed by atoms with E-state index >= 15 is 0 Å². The SMILES string of the molecule is C[C@H](OC(=O)CN1c2cccc3cccc(c23)S1(=O)=O)C(=O)NC1CCCCC1. The minimum Gasteiger partial charge on any atom is -0.451 e. The first-order chi connectivity index (χ1) is 13.9. The van der Waals surface area contributed by atoms with Gasteiger partial charge < -0.3 is 10.1 Å². The van der Waals surface area contributed by atoms with E-state index in [4.69, 9.17) is 4.74 Å². The molecule has 1 atom stereocenters. The summed E-state index contributed by atoms with van der Waals surface area (Å²) in [5.74, 6) is -1.11. The number of carbonyl (C=O) groups is 2. The van der Waals surface area contributed by atoms with Crippen molar-refractivity contribution in [2.24, 2.45) is 0 Å². The molecule has 29 heavy (non-hydrogen) atoms. The number of carbonyl (C=O) groups excluding carboxylic acids is 2. The first-order valence-corrected chi connectivity index (χ1v) is 11.4. The van der Waals surface area contributed by atoms with Crippen LogP contribution in [0.15, 0.2) is 41.3 Å². The Morgan fingerprint density at radius 3 is 2.55 bits per heavy atom. The van der Waals surface area contributed by atoms with Crippen molar-refractivity contribution in [1.29, 1.82) is 0 Å². The summed E-state index contributed by atoms with van der Waals surface area (Å²) in [5.41, 5.74) is 0.453. The summed E-state index contributed by atoms with van der Waals surface area (Å²) in [7, 11) is -3.84. The Balaban J connectivity index is 1.45. The van der Waals surface area contributed by atoms with Crippen molar-refractivity contribution >= 4 is 38.4 Å². The standard InChI is InChI=1S/C21H24N2O5S/c1-14(21(25)22-16-9-3-2-4-10-16)28-19(24)13-23-17-11-5-7-15-8-6-12-18(20(15)17)29(23,26)27/h5-8,11-12,14,16H,2-4,9-10,13H2,1H3,(H,22,25)/t14-/m0/s1. The zero-order valence-electron chi connectivity index (χ0n) is 16.3. The van der Waals surface area contributed by atoms with E-state index < -0.39 is 28.6 Å². The first kappa shape index (κ1) is 19.7. The number of nitrogens with one attached hydrogen (secondary N) is 1. The van der Waals surface area contributed by atoms with Crippen LogP contribution in [-0.2, 0) is 24.3 Å². The smallest absolute Gasteiger partial charge is 0.327 e. The van der Waals surface area contributed by atoms with E-state index in [1.54, 1.807) is 18.2 Å². The molecule has 4 rings (SSSR count). The van der Waals surface area contributed by atoms with Crippen molar-refractivity contribution in [1.82, 2.24) is 5.32 Å². The monoisotopic (exact) mass is 416 g/mol. The van der Waals surface area contributed by atoms with Gasteiger partial charge in [0.2, 0.25) is 0 Å². The highest BCUT2D eigenvalue weighted by Crippen LogP contribution is 2.41. The van der Waals surface area contributed by atoms with Crippen molar-refractivity contribution in [2.75, 3.05) is 10.8 Å². The van der Waals surface area contributed by atoms with Crippen molar-refractivity contribution in [3.05, 3.63) is 36.4 Å². The van der Waals surface area contributed by atoms with Crippen LogP contribution in [0.4, 0.5) is 5.69 Å². The molecule has 0 saturated heterocycles. The van der Waals surface area contributed by atoms with Crippen LogP contribution < -0.4 is 9.62 Å². The minimum absolute atomic E-state index is 0.114. The normalized spacial score (nSPS) is 19.1. The third-order valence-electron chi connectivity index (χ3n) is 5.58. The average Bonchev–Trinajstić information content (AvgIpc) is 2.92. The number of hydrogen-bond acceptors (Lipinski definition) is 5. The number of nitrogens with zero attached hydrogens (tertiary/aromatic N) is 1. The lowest BCUT2D eigenvalue weighted by molar-refractivity contribution is -0.153. The third-order valence-corrected chi connectivity index (χ3v) is 7.39. The number of benzene rings is 2. The van der Waals surface area contributed by atoms with E-state index in [0.717, 1.165) is 35.4 Å². The maximum atomic E-state index is 12.9. The largest absolute Gasteiger partial charge is 0.451 e. The number of sulfonamides is 1. The van der Waals surface area contributed by atoms with Crippen molar-refractivity contribution in [2.45, 2.75) is 56.1 Å². The molecule has 0 spiro atoms. The molecule has 1 aliphatic carbocycles. The molecule has 0 unspecified atom stereocenters. The van der Waals surface area contributed by atoms with Gasteiger partial charge in [0, 0.05) is 11.4 Å². The van der Waals surface area contributed by atoms with Gasteiger partial charge in [-0.25, -0.2) is 8.42 Å². The van der Waals surface area contributed by atoms with Crippen LogP contribution in [0.25, 0.3) is 10.8 Å². The molecule has 1 aliphatic heterocycles. The van der Waals surface area contributed by atoms with Crippen molar-refractivity contribution in [3.63, 3.8) is 0 Å². The molecule has 1 N–H and O–H groups in total. The number of rotatable bonds is 5. The van der Waals surface area contributed by atoms with Gasteiger partial charge in [0.15, 0.2) is 6.10 Å². The van der Waals surface area contributed by atoms with Crippen LogP contribution >= 0.6 is 0 Å². The molecule has 1 saturated carbocycles. The topological polar surface area (TPSA) is 92.8 Å². The second-order valence-corrected chi connectivity index (χ2v) is 9.45. The predicted octanol–water partition coefficient (Wildman–Crippen LogP) is 2.73. The summed E-state index contributed by atoms with van der Waals surface area (Å²) in [6.07, 6.45) is 4.22. The summed E-state index contributed by atoms with van der Waals surface area (Å²) >= 11 is 0. The summed E-state index contributed by atoms with van der Waals surface area (Å²) in [6, 6.07) is 10.4. The molecule has 154 valence electrons. The van der Waals surface area contributed by atoms with Gasteiger partial charge in [-0.1, -0.05) is 43.5 Å². The fourth-order valence-corrected chi connectivity index (χ4v) is 5.75. The highest BCUT2D eigenvalue weighted by molar-refractivity contribution is 7.93. The number of amides is 1. The van der Waals surface area contributed by atoms with Gasteiger partial charge >= 0.3 is 5.97 Å². The van der Waals surface area contributed by atoms with Crippen molar-refractivity contribution in [3.8, 4) is 0 Å².